The van der Waals surface area contributed by atoms with Crippen molar-refractivity contribution >= 4 is 18.0 Å². The van der Waals surface area contributed by atoms with Crippen molar-refractivity contribution in [2.75, 3.05) is 13.2 Å². The Kier molecular flexibility index (Phi) is 8.43. The van der Waals surface area contributed by atoms with Crippen LogP contribution in [-0.4, -0.2) is 53.5 Å². The normalized spacial score (nSPS) is 14.0. The van der Waals surface area contributed by atoms with E-state index in [9.17, 15) is 19.5 Å². The summed E-state index contributed by atoms with van der Waals surface area (Å²) in [4.78, 5) is 34.6. The molecule has 1 aliphatic rings. The Morgan fingerprint density at radius 2 is 1.61 bits per heavy atom. The molecule has 0 fully saturated rings. The zero-order chi connectivity index (χ0) is 23.8. The van der Waals surface area contributed by atoms with Crippen molar-refractivity contribution in [1.82, 2.24) is 10.6 Å². The van der Waals surface area contributed by atoms with Crippen LogP contribution in [0, 0.1) is 0 Å². The number of hydrogen-bond acceptors (Lipinski definition) is 5. The number of rotatable bonds is 11. The molecule has 2 amide bonds. The van der Waals surface area contributed by atoms with E-state index in [1.807, 2.05) is 31.2 Å². The zero-order valence-corrected chi connectivity index (χ0v) is 18.6. The van der Waals surface area contributed by atoms with Crippen molar-refractivity contribution in [3.63, 3.8) is 0 Å². The molecule has 0 aromatic heterocycles. The molecular formula is C25H30N2O6. The highest BCUT2D eigenvalue weighted by molar-refractivity contribution is 5.79. The number of aliphatic carboxylic acids is 1. The van der Waals surface area contributed by atoms with E-state index in [1.54, 1.807) is 0 Å². The molecule has 0 bridgehead atoms. The molecule has 0 saturated heterocycles. The molecule has 0 radical (unpaired) electrons. The minimum atomic E-state index is -1.48. The number of nitrogens with one attached hydrogen (secondary N) is 2. The highest BCUT2D eigenvalue weighted by Gasteiger charge is 2.29. The van der Waals surface area contributed by atoms with Crippen molar-refractivity contribution in [1.29, 1.82) is 0 Å². The quantitative estimate of drug-likeness (QED) is 0.414. The Morgan fingerprint density at radius 1 is 1.00 bits per heavy atom. The van der Waals surface area contributed by atoms with Crippen LogP contribution in [0.1, 0.15) is 49.7 Å². The van der Waals surface area contributed by atoms with E-state index in [1.165, 1.54) is 11.1 Å². The molecular weight excluding hydrogens is 424 g/mol. The van der Waals surface area contributed by atoms with Gasteiger partial charge in [0.05, 0.1) is 0 Å². The zero-order valence-electron chi connectivity index (χ0n) is 18.6. The summed E-state index contributed by atoms with van der Waals surface area (Å²) in [6, 6.07) is 16.1. The molecule has 176 valence electrons. The predicted molar refractivity (Wildman–Crippen MR) is 123 cm³/mol. The highest BCUT2D eigenvalue weighted by atomic mass is 16.5. The number of aliphatic hydroxyl groups excluding tert-OH is 1. The van der Waals surface area contributed by atoms with E-state index in [4.69, 9.17) is 9.84 Å². The summed E-state index contributed by atoms with van der Waals surface area (Å²) in [5.41, 5.74) is 4.65. The largest absolute Gasteiger partial charge is 0.479 e. The van der Waals surface area contributed by atoms with Crippen LogP contribution in [0.15, 0.2) is 48.5 Å². The standard InChI is InChI=1S/C25H30N2O6/c1-16(7-6-12-23(29)26-14-13-22(28)24(30)31)27-25(32)33-15-21-19-10-4-2-8-17(19)18-9-3-5-11-20(18)21/h2-5,8-11,16,21-22,28H,6-7,12-15H2,1H3,(H,26,29)(H,27,32)(H,30,31)/t16?,22-/m0/s1. The molecule has 2 atom stereocenters. The van der Waals surface area contributed by atoms with Crippen molar-refractivity contribution < 1.29 is 29.3 Å². The molecule has 2 aromatic carbocycles. The van der Waals surface area contributed by atoms with Gasteiger partial charge in [0.25, 0.3) is 0 Å². The van der Waals surface area contributed by atoms with Gasteiger partial charge in [0.1, 0.15) is 6.61 Å². The van der Waals surface area contributed by atoms with Crippen LogP contribution in [0.25, 0.3) is 11.1 Å². The van der Waals surface area contributed by atoms with Gasteiger partial charge in [-0.3, -0.25) is 4.79 Å². The van der Waals surface area contributed by atoms with Crippen LogP contribution in [0.4, 0.5) is 4.79 Å². The monoisotopic (exact) mass is 454 g/mol. The van der Waals surface area contributed by atoms with Gasteiger partial charge in [0, 0.05) is 31.3 Å². The SMILES string of the molecule is CC(CCCC(=O)NCC[C@H](O)C(=O)O)NC(=O)OCC1c2ccccc2-c2ccccc21. The number of benzene rings is 2. The maximum absolute atomic E-state index is 12.3. The average molecular weight is 455 g/mol. The van der Waals surface area contributed by atoms with Gasteiger partial charge < -0.3 is 25.6 Å². The second-order valence-electron chi connectivity index (χ2n) is 8.26. The number of carboxylic acid groups (broad SMARTS) is 1. The molecule has 0 heterocycles. The summed E-state index contributed by atoms with van der Waals surface area (Å²) in [7, 11) is 0. The molecule has 0 spiro atoms. The Hall–Kier alpha value is -3.39. The lowest BCUT2D eigenvalue weighted by atomic mass is 9.98. The predicted octanol–water partition coefficient (Wildman–Crippen LogP) is 3.04. The summed E-state index contributed by atoms with van der Waals surface area (Å²) in [5, 5.41) is 23.2. The first-order valence-electron chi connectivity index (χ1n) is 11.2. The van der Waals surface area contributed by atoms with Crippen LogP contribution in [0.3, 0.4) is 0 Å². The Labute approximate surface area is 193 Å². The van der Waals surface area contributed by atoms with E-state index in [2.05, 4.69) is 34.9 Å². The molecule has 8 nitrogen and oxygen atoms in total. The molecule has 1 unspecified atom stereocenters. The van der Waals surface area contributed by atoms with Crippen LogP contribution in [0.5, 0.6) is 0 Å². The Bertz CT molecular complexity index is 947. The molecule has 33 heavy (non-hydrogen) atoms. The lowest BCUT2D eigenvalue weighted by Gasteiger charge is -2.17. The van der Waals surface area contributed by atoms with Gasteiger partial charge in [0.2, 0.25) is 5.91 Å². The first-order chi connectivity index (χ1) is 15.9. The number of carboxylic acids is 1. The maximum Gasteiger partial charge on any atom is 0.407 e. The third kappa shape index (κ3) is 6.55. The molecule has 2 aromatic rings. The summed E-state index contributed by atoms with van der Waals surface area (Å²) in [6.45, 7) is 2.19. The topological polar surface area (TPSA) is 125 Å². The number of aliphatic hydroxyl groups is 1. The van der Waals surface area contributed by atoms with Gasteiger partial charge in [-0.15, -0.1) is 0 Å². The van der Waals surface area contributed by atoms with Crippen molar-refractivity contribution in [3.05, 3.63) is 59.7 Å². The fourth-order valence-electron chi connectivity index (χ4n) is 4.04. The van der Waals surface area contributed by atoms with E-state index in [0.29, 0.717) is 12.8 Å². The van der Waals surface area contributed by atoms with Crippen LogP contribution in [-0.2, 0) is 14.3 Å². The van der Waals surface area contributed by atoms with Crippen LogP contribution >= 0.6 is 0 Å². The lowest BCUT2D eigenvalue weighted by Crippen LogP contribution is -2.34. The van der Waals surface area contributed by atoms with Crippen molar-refractivity contribution in [3.8, 4) is 11.1 Å². The van der Waals surface area contributed by atoms with Gasteiger partial charge >= 0.3 is 12.1 Å². The van der Waals surface area contributed by atoms with E-state index in [-0.39, 0.29) is 43.9 Å². The molecule has 0 saturated carbocycles. The minimum Gasteiger partial charge on any atom is -0.479 e. The van der Waals surface area contributed by atoms with Crippen molar-refractivity contribution in [2.24, 2.45) is 0 Å². The number of carbonyl (C=O) groups is 3. The average Bonchev–Trinajstić information content (AvgIpc) is 3.11. The fourth-order valence-corrected chi connectivity index (χ4v) is 4.04. The minimum absolute atomic E-state index is 0.00166. The van der Waals surface area contributed by atoms with Gasteiger partial charge in [0.15, 0.2) is 6.10 Å². The van der Waals surface area contributed by atoms with Crippen LogP contribution in [0.2, 0.25) is 0 Å². The molecule has 3 rings (SSSR count). The van der Waals surface area contributed by atoms with E-state index < -0.39 is 18.2 Å². The first kappa shape index (κ1) is 24.3. The lowest BCUT2D eigenvalue weighted by molar-refractivity contribution is -0.147. The molecule has 8 heteroatoms. The van der Waals surface area contributed by atoms with Gasteiger partial charge in [-0.1, -0.05) is 48.5 Å². The Morgan fingerprint density at radius 3 is 2.21 bits per heavy atom. The van der Waals surface area contributed by atoms with Crippen molar-refractivity contribution in [2.45, 2.75) is 50.7 Å². The molecule has 4 N–H and O–H groups in total. The van der Waals surface area contributed by atoms with E-state index >= 15 is 0 Å². The van der Waals surface area contributed by atoms with E-state index in [0.717, 1.165) is 11.1 Å². The van der Waals surface area contributed by atoms with Crippen LogP contribution < -0.4 is 10.6 Å². The maximum atomic E-state index is 12.3. The summed E-state index contributed by atoms with van der Waals surface area (Å²) >= 11 is 0. The number of carbonyl (C=O) groups excluding carboxylic acids is 2. The molecule has 0 aliphatic heterocycles. The smallest absolute Gasteiger partial charge is 0.407 e. The number of fused-ring (bicyclic) bond motifs is 3. The second kappa shape index (κ2) is 11.5. The molecule has 1 aliphatic carbocycles. The van der Waals surface area contributed by atoms with Gasteiger partial charge in [-0.05, 0) is 42.0 Å². The number of amides is 2. The third-order valence-electron chi connectivity index (χ3n) is 5.77. The fraction of sp³-hybridized carbons (Fsp3) is 0.400. The van der Waals surface area contributed by atoms with Gasteiger partial charge in [-0.25, -0.2) is 9.59 Å². The number of alkyl carbamates (subject to hydrolysis) is 1. The second-order valence-corrected chi connectivity index (χ2v) is 8.26. The first-order valence-corrected chi connectivity index (χ1v) is 11.2. The number of ether oxygens (including phenoxy) is 1. The number of hydrogen-bond donors (Lipinski definition) is 4. The Balaban J connectivity index is 1.37. The summed E-state index contributed by atoms with van der Waals surface area (Å²) in [6.07, 6.45) is -0.614. The van der Waals surface area contributed by atoms with Gasteiger partial charge in [-0.2, -0.15) is 0 Å². The summed E-state index contributed by atoms with van der Waals surface area (Å²) in [5.74, 6) is -1.53. The highest BCUT2D eigenvalue weighted by Crippen LogP contribution is 2.44. The third-order valence-corrected chi connectivity index (χ3v) is 5.77. The summed E-state index contributed by atoms with van der Waals surface area (Å²) < 4.78 is 5.53.